The molecule has 6 heteroatoms. The lowest BCUT2D eigenvalue weighted by molar-refractivity contribution is -0.140. The van der Waals surface area contributed by atoms with Gasteiger partial charge in [-0.1, -0.05) is 0 Å². The summed E-state index contributed by atoms with van der Waals surface area (Å²) in [6.45, 7) is 0.923. The predicted molar refractivity (Wildman–Crippen MR) is 48.0 cm³/mol. The molecule has 1 rings (SSSR count). The van der Waals surface area contributed by atoms with Crippen LogP contribution in [-0.2, 0) is 6.18 Å². The number of carbonyl (C=O) groups is 1. The van der Waals surface area contributed by atoms with Gasteiger partial charge in [-0.3, -0.25) is 4.79 Å². The smallest absolute Gasteiger partial charge is 0.420 e. The maximum Gasteiger partial charge on any atom is 0.420 e. The molecule has 0 aliphatic heterocycles. The zero-order valence-electron chi connectivity index (χ0n) is 8.48. The largest absolute Gasteiger partial charge is 0.496 e. The van der Waals surface area contributed by atoms with Crippen LogP contribution in [0.25, 0.3) is 0 Å². The quantitative estimate of drug-likeness (QED) is 0.582. The minimum absolute atomic E-state index is 0.291. The Labute approximate surface area is 88.8 Å². The molecule has 1 aromatic carbocycles. The third-order valence-corrected chi connectivity index (χ3v) is 1.97. The highest BCUT2D eigenvalue weighted by molar-refractivity contribution is 5.98. The van der Waals surface area contributed by atoms with Crippen molar-refractivity contribution in [1.82, 2.24) is 0 Å². The molecule has 0 amide bonds. The third-order valence-electron chi connectivity index (χ3n) is 1.97. The number of alkyl halides is 3. The second-order valence-corrected chi connectivity index (χ2v) is 3.05. The Morgan fingerprint density at radius 2 is 1.88 bits per heavy atom. The van der Waals surface area contributed by atoms with Crippen molar-refractivity contribution in [3.8, 4) is 5.75 Å². The molecule has 0 fully saturated rings. The fourth-order valence-electron chi connectivity index (χ4n) is 1.35. The van der Waals surface area contributed by atoms with E-state index in [1.807, 2.05) is 0 Å². The van der Waals surface area contributed by atoms with Gasteiger partial charge in [0.05, 0.1) is 12.7 Å². The Hall–Kier alpha value is -1.59. The molecule has 0 aromatic heterocycles. The highest BCUT2D eigenvalue weighted by Crippen LogP contribution is 2.38. The van der Waals surface area contributed by atoms with Crippen LogP contribution in [0.1, 0.15) is 22.8 Å². The number of hydrogen-bond acceptors (Lipinski definition) is 2. The summed E-state index contributed by atoms with van der Waals surface area (Å²) in [5.41, 5.74) is -2.37. The Bertz CT molecular complexity index is 424. The summed E-state index contributed by atoms with van der Waals surface area (Å²) >= 11 is 0. The second-order valence-electron chi connectivity index (χ2n) is 3.05. The molecule has 88 valence electrons. The second kappa shape index (κ2) is 4.11. The monoisotopic (exact) mass is 236 g/mol. The maximum atomic E-state index is 13.1. The van der Waals surface area contributed by atoms with Gasteiger partial charge in [0.15, 0.2) is 5.78 Å². The highest BCUT2D eigenvalue weighted by atomic mass is 19.4. The average Bonchev–Trinajstić information content (AvgIpc) is 2.15. The van der Waals surface area contributed by atoms with Crippen molar-refractivity contribution in [2.45, 2.75) is 13.1 Å². The molecule has 0 saturated carbocycles. The molecule has 2 nitrogen and oxygen atoms in total. The van der Waals surface area contributed by atoms with E-state index in [1.165, 1.54) is 0 Å². The lowest BCUT2D eigenvalue weighted by Gasteiger charge is -2.14. The van der Waals surface area contributed by atoms with Crippen molar-refractivity contribution in [3.05, 3.63) is 29.1 Å². The van der Waals surface area contributed by atoms with E-state index in [2.05, 4.69) is 4.74 Å². The summed E-state index contributed by atoms with van der Waals surface area (Å²) in [5, 5.41) is 0. The molecule has 1 aromatic rings. The van der Waals surface area contributed by atoms with Crippen molar-refractivity contribution >= 4 is 5.78 Å². The lowest BCUT2D eigenvalue weighted by Crippen LogP contribution is -2.15. The summed E-state index contributed by atoms with van der Waals surface area (Å²) in [4.78, 5) is 11.1. The first-order valence-corrected chi connectivity index (χ1v) is 4.23. The number of ether oxygens (including phenoxy) is 1. The summed E-state index contributed by atoms with van der Waals surface area (Å²) < 4.78 is 55.3. The fourth-order valence-corrected chi connectivity index (χ4v) is 1.35. The summed E-state index contributed by atoms with van der Waals surface area (Å²) in [7, 11) is 1.11. The van der Waals surface area contributed by atoms with Gasteiger partial charge < -0.3 is 4.74 Å². The van der Waals surface area contributed by atoms with Gasteiger partial charge >= 0.3 is 6.18 Å². The van der Waals surface area contributed by atoms with Gasteiger partial charge in [0.1, 0.15) is 17.1 Å². The van der Waals surface area contributed by atoms with Gasteiger partial charge in [-0.15, -0.1) is 0 Å². The minimum Gasteiger partial charge on any atom is -0.496 e. The van der Waals surface area contributed by atoms with Crippen molar-refractivity contribution in [3.63, 3.8) is 0 Å². The molecule has 0 bridgehead atoms. The van der Waals surface area contributed by atoms with Gasteiger partial charge in [-0.05, 0) is 19.1 Å². The van der Waals surface area contributed by atoms with Crippen LogP contribution in [0, 0.1) is 5.82 Å². The maximum absolute atomic E-state index is 13.1. The van der Waals surface area contributed by atoms with Crippen LogP contribution in [0.5, 0.6) is 5.75 Å². The predicted octanol–water partition coefficient (Wildman–Crippen LogP) is 3.06. The van der Waals surface area contributed by atoms with Crippen LogP contribution in [0.4, 0.5) is 17.6 Å². The number of benzene rings is 1. The van der Waals surface area contributed by atoms with E-state index in [-0.39, 0.29) is 5.75 Å². The van der Waals surface area contributed by atoms with E-state index >= 15 is 0 Å². The molecular weight excluding hydrogens is 228 g/mol. The number of methoxy groups -OCH3 is 1. The van der Waals surface area contributed by atoms with E-state index in [1.54, 1.807) is 0 Å². The highest BCUT2D eigenvalue weighted by Gasteiger charge is 2.39. The van der Waals surface area contributed by atoms with E-state index in [4.69, 9.17) is 0 Å². The molecule has 0 aliphatic carbocycles. The Kier molecular flexibility index (Phi) is 3.21. The van der Waals surface area contributed by atoms with E-state index in [0.29, 0.717) is 6.07 Å². The molecule has 0 N–H and O–H groups in total. The molecule has 0 aliphatic rings. The van der Waals surface area contributed by atoms with Crippen LogP contribution in [0.15, 0.2) is 12.1 Å². The third kappa shape index (κ3) is 2.15. The Balaban J connectivity index is 3.62. The Morgan fingerprint density at radius 1 is 1.31 bits per heavy atom. The number of Topliss-reactive ketones (excluding diaryl/α,β-unsaturated/α-hetero) is 1. The van der Waals surface area contributed by atoms with Crippen LogP contribution in [0.3, 0.4) is 0 Å². The zero-order valence-corrected chi connectivity index (χ0v) is 8.48. The van der Waals surface area contributed by atoms with Crippen molar-refractivity contribution in [1.29, 1.82) is 0 Å². The van der Waals surface area contributed by atoms with Crippen LogP contribution in [0.2, 0.25) is 0 Å². The fraction of sp³-hybridized carbons (Fsp3) is 0.300. The number of hydrogen-bond donors (Lipinski definition) is 0. The lowest BCUT2D eigenvalue weighted by atomic mass is 10.0. The molecule has 0 unspecified atom stereocenters. The first kappa shape index (κ1) is 12.5. The molecule has 0 atom stereocenters. The van der Waals surface area contributed by atoms with Gasteiger partial charge in [-0.2, -0.15) is 13.2 Å². The SMILES string of the molecule is COc1ccc(F)c(C(F)(F)F)c1C(C)=O. The van der Waals surface area contributed by atoms with Crippen molar-refractivity contribution < 1.29 is 27.1 Å². The molecule has 0 saturated heterocycles. The topological polar surface area (TPSA) is 26.3 Å². The number of halogens is 4. The van der Waals surface area contributed by atoms with E-state index in [0.717, 1.165) is 20.1 Å². The number of ketones is 1. The van der Waals surface area contributed by atoms with Crippen molar-refractivity contribution in [2.75, 3.05) is 7.11 Å². The minimum atomic E-state index is -4.93. The van der Waals surface area contributed by atoms with Gasteiger partial charge in [0.2, 0.25) is 0 Å². The van der Waals surface area contributed by atoms with Gasteiger partial charge in [0.25, 0.3) is 0 Å². The normalized spacial score (nSPS) is 11.4. The van der Waals surface area contributed by atoms with E-state index < -0.39 is 28.9 Å². The first-order valence-electron chi connectivity index (χ1n) is 4.23. The molecular formula is C10H8F4O2. The average molecular weight is 236 g/mol. The van der Waals surface area contributed by atoms with Crippen LogP contribution < -0.4 is 4.74 Å². The molecule has 16 heavy (non-hydrogen) atoms. The Morgan fingerprint density at radius 3 is 2.25 bits per heavy atom. The molecule has 0 radical (unpaired) electrons. The summed E-state index contributed by atoms with van der Waals surface area (Å²) in [5.74, 6) is -2.68. The number of carbonyl (C=O) groups excluding carboxylic acids is 1. The van der Waals surface area contributed by atoms with Crippen molar-refractivity contribution in [2.24, 2.45) is 0 Å². The molecule has 0 spiro atoms. The summed E-state index contributed by atoms with van der Waals surface area (Å²) in [6.07, 6.45) is -4.93. The van der Waals surface area contributed by atoms with E-state index in [9.17, 15) is 22.4 Å². The van der Waals surface area contributed by atoms with Gasteiger partial charge in [0, 0.05) is 0 Å². The van der Waals surface area contributed by atoms with Crippen LogP contribution >= 0.6 is 0 Å². The van der Waals surface area contributed by atoms with Gasteiger partial charge in [-0.25, -0.2) is 4.39 Å². The summed E-state index contributed by atoms with van der Waals surface area (Å²) in [6, 6.07) is 1.61. The first-order chi connectivity index (χ1) is 7.29. The zero-order chi connectivity index (χ0) is 12.5. The molecule has 0 heterocycles. The van der Waals surface area contributed by atoms with Crippen LogP contribution in [-0.4, -0.2) is 12.9 Å². The standard InChI is InChI=1S/C10H8F4O2/c1-5(15)8-7(16-2)4-3-6(11)9(8)10(12,13)14/h3-4H,1-2H3. The number of rotatable bonds is 2.